The quantitative estimate of drug-likeness (QED) is 0.171. The van der Waals surface area contributed by atoms with Crippen molar-refractivity contribution < 1.29 is 4.74 Å². The minimum Gasteiger partial charge on any atom is -0.457 e. The van der Waals surface area contributed by atoms with Gasteiger partial charge in [0.25, 0.3) is 0 Å². The maximum Gasteiger partial charge on any atom is 0.132 e. The number of nitrogens with zero attached hydrogens (tertiary/aromatic N) is 1. The van der Waals surface area contributed by atoms with Crippen molar-refractivity contribution in [2.45, 2.75) is 20.6 Å². The van der Waals surface area contributed by atoms with Crippen molar-refractivity contribution in [2.75, 3.05) is 4.90 Å². The molecule has 2 aliphatic carbocycles. The highest BCUT2D eigenvalue weighted by Gasteiger charge is 2.52. The molecule has 71 heavy (non-hydrogen) atoms. The van der Waals surface area contributed by atoms with E-state index >= 15 is 0 Å². The highest BCUT2D eigenvalue weighted by atomic mass is 32.2. The molecule has 3 heteroatoms. The van der Waals surface area contributed by atoms with Gasteiger partial charge in [0.05, 0.1) is 16.5 Å². The predicted octanol–water partition coefficient (Wildman–Crippen LogP) is 17.8. The Morgan fingerprint density at radius 1 is 0.282 bits per heavy atom. The number of para-hydroxylation sites is 3. The maximum atomic E-state index is 6.77. The molecule has 11 aromatic carbocycles. The van der Waals surface area contributed by atoms with Crippen LogP contribution in [0.5, 0.6) is 11.5 Å². The molecule has 0 bridgehead atoms. The van der Waals surface area contributed by atoms with E-state index in [9.17, 15) is 0 Å². The van der Waals surface area contributed by atoms with Gasteiger partial charge in [-0.1, -0.05) is 218 Å². The van der Waals surface area contributed by atoms with Crippen LogP contribution in [0.25, 0.3) is 44.5 Å². The number of benzene rings is 11. The fourth-order valence-electron chi connectivity index (χ4n) is 12.8. The second-order valence-electron chi connectivity index (χ2n) is 19.0. The van der Waals surface area contributed by atoms with Gasteiger partial charge in [0, 0.05) is 37.9 Å². The molecule has 0 aromatic heterocycles. The molecule has 15 rings (SSSR count). The van der Waals surface area contributed by atoms with Crippen LogP contribution in [0.2, 0.25) is 0 Å². The lowest BCUT2D eigenvalue weighted by molar-refractivity contribution is 0.436. The van der Waals surface area contributed by atoms with E-state index in [1.54, 1.807) is 0 Å². The van der Waals surface area contributed by atoms with Gasteiger partial charge in [-0.15, -0.1) is 0 Å². The van der Waals surface area contributed by atoms with Crippen LogP contribution in [-0.2, 0) is 10.8 Å². The molecule has 2 nitrogen and oxygen atoms in total. The molecule has 0 fully saturated rings. The predicted molar refractivity (Wildman–Crippen MR) is 291 cm³/mol. The molecule has 0 saturated heterocycles. The lowest BCUT2D eigenvalue weighted by atomic mass is 9.66. The van der Waals surface area contributed by atoms with Crippen molar-refractivity contribution in [3.8, 4) is 56.0 Å². The van der Waals surface area contributed by atoms with Crippen LogP contribution in [0.1, 0.15) is 44.5 Å². The minimum atomic E-state index is -0.622. The van der Waals surface area contributed by atoms with Crippen molar-refractivity contribution in [3.63, 3.8) is 0 Å². The molecule has 0 unspecified atom stereocenters. The molecule has 0 atom stereocenters. The Bertz CT molecular complexity index is 3680. The average molecular weight is 922 g/mol. The third-order valence-corrected chi connectivity index (χ3v) is 16.8. The standard InChI is InChI=1S/C68H43NOS/c1-2-18-44(19-3-1)45-34-36-46(37-35-45)49-20-6-13-29-62(49)69(47-38-40-52-50-21-4-7-23-54(50)67(60(52)42-47)56-25-9-14-30-63(56)70-64-31-15-10-26-57(64)67)48-39-41-53-51-22-5-8-24-55(51)68(61(53)43-48)58-27-11-16-32-65(58)71-66-33-17-12-28-59(66)68/h1-43H. The van der Waals surface area contributed by atoms with Crippen LogP contribution < -0.4 is 9.64 Å². The highest BCUT2D eigenvalue weighted by Crippen LogP contribution is 2.65. The number of anilines is 3. The first-order chi connectivity index (χ1) is 35.2. The van der Waals surface area contributed by atoms with Gasteiger partial charge in [-0.2, -0.15) is 0 Å². The molecule has 0 N–H and O–H groups in total. The van der Waals surface area contributed by atoms with Crippen LogP contribution in [0.4, 0.5) is 17.1 Å². The molecule has 332 valence electrons. The van der Waals surface area contributed by atoms with Gasteiger partial charge in [0.2, 0.25) is 0 Å². The summed E-state index contributed by atoms with van der Waals surface area (Å²) in [6, 6.07) is 96.7. The third kappa shape index (κ3) is 5.61. The van der Waals surface area contributed by atoms with Gasteiger partial charge in [-0.05, 0) is 127 Å². The van der Waals surface area contributed by atoms with E-state index in [0.717, 1.165) is 50.8 Å². The van der Waals surface area contributed by atoms with E-state index in [1.165, 1.54) is 76.6 Å². The fraction of sp³-hybridized carbons (Fsp3) is 0.0294. The van der Waals surface area contributed by atoms with Gasteiger partial charge in [0.15, 0.2) is 0 Å². The number of hydrogen-bond acceptors (Lipinski definition) is 3. The van der Waals surface area contributed by atoms with Crippen molar-refractivity contribution in [1.82, 2.24) is 0 Å². The largest absolute Gasteiger partial charge is 0.457 e. The summed E-state index contributed by atoms with van der Waals surface area (Å²) in [5, 5.41) is 0. The maximum absolute atomic E-state index is 6.77. The van der Waals surface area contributed by atoms with Gasteiger partial charge in [-0.25, -0.2) is 0 Å². The first-order valence-corrected chi connectivity index (χ1v) is 25.3. The second-order valence-corrected chi connectivity index (χ2v) is 20.1. The van der Waals surface area contributed by atoms with E-state index in [-0.39, 0.29) is 0 Å². The molecule has 0 amide bonds. The van der Waals surface area contributed by atoms with Crippen LogP contribution in [0.3, 0.4) is 0 Å². The summed E-state index contributed by atoms with van der Waals surface area (Å²) < 4.78 is 6.77. The molecule has 2 aliphatic heterocycles. The van der Waals surface area contributed by atoms with Gasteiger partial charge in [0.1, 0.15) is 11.5 Å². The van der Waals surface area contributed by atoms with Gasteiger partial charge in [-0.3, -0.25) is 0 Å². The lowest BCUT2D eigenvalue weighted by Gasteiger charge is -2.40. The van der Waals surface area contributed by atoms with E-state index in [4.69, 9.17) is 4.74 Å². The number of ether oxygens (including phenoxy) is 1. The van der Waals surface area contributed by atoms with Crippen molar-refractivity contribution in [2.24, 2.45) is 0 Å². The monoisotopic (exact) mass is 921 g/mol. The highest BCUT2D eigenvalue weighted by molar-refractivity contribution is 7.99. The SMILES string of the molecule is c1ccc(-c2ccc(-c3ccccc3N(c3ccc4c(c3)C3(c5ccccc5Oc5ccccc53)c3ccccc3-4)c3ccc4c(c3)C3(c5ccccc5Sc5ccccc53)c3ccccc3-4)cc2)cc1. The number of rotatable bonds is 5. The number of fused-ring (bicyclic) bond motifs is 18. The summed E-state index contributed by atoms with van der Waals surface area (Å²) in [4.78, 5) is 5.11. The van der Waals surface area contributed by atoms with Crippen molar-refractivity contribution in [3.05, 3.63) is 305 Å². The Morgan fingerprint density at radius 3 is 1.24 bits per heavy atom. The Kier molecular flexibility index (Phi) is 8.76. The van der Waals surface area contributed by atoms with E-state index in [1.807, 2.05) is 11.8 Å². The van der Waals surface area contributed by atoms with Gasteiger partial charge >= 0.3 is 0 Å². The molecule has 0 saturated carbocycles. The average Bonchev–Trinajstić information content (AvgIpc) is 3.89. The summed E-state index contributed by atoms with van der Waals surface area (Å²) in [5.74, 6) is 1.77. The fourth-order valence-corrected chi connectivity index (χ4v) is 14.0. The topological polar surface area (TPSA) is 12.5 Å². The molecule has 0 radical (unpaired) electrons. The first-order valence-electron chi connectivity index (χ1n) is 24.5. The molecular weight excluding hydrogens is 879 g/mol. The molecule has 2 heterocycles. The second kappa shape index (κ2) is 15.4. The van der Waals surface area contributed by atoms with E-state index in [0.29, 0.717) is 0 Å². The van der Waals surface area contributed by atoms with E-state index < -0.39 is 10.8 Å². The summed E-state index contributed by atoms with van der Waals surface area (Å²) in [6.45, 7) is 0. The zero-order chi connectivity index (χ0) is 46.7. The smallest absolute Gasteiger partial charge is 0.132 e. The first kappa shape index (κ1) is 40.3. The normalized spacial score (nSPS) is 14.2. The van der Waals surface area contributed by atoms with Crippen LogP contribution in [0.15, 0.2) is 271 Å². The number of hydrogen-bond donors (Lipinski definition) is 0. The van der Waals surface area contributed by atoms with Crippen LogP contribution in [-0.4, -0.2) is 0 Å². The summed E-state index contributed by atoms with van der Waals surface area (Å²) in [5.41, 5.74) is 21.9. The molecular formula is C68H43NOS. The Morgan fingerprint density at radius 2 is 0.676 bits per heavy atom. The van der Waals surface area contributed by atoms with Gasteiger partial charge < -0.3 is 9.64 Å². The Balaban J connectivity index is 1.01. The molecule has 4 aliphatic rings. The summed E-state index contributed by atoms with van der Waals surface area (Å²) in [7, 11) is 0. The van der Waals surface area contributed by atoms with Crippen LogP contribution in [0, 0.1) is 0 Å². The van der Waals surface area contributed by atoms with E-state index in [2.05, 4.69) is 266 Å². The van der Waals surface area contributed by atoms with Crippen molar-refractivity contribution in [1.29, 1.82) is 0 Å². The Labute approximate surface area is 418 Å². The lowest BCUT2D eigenvalue weighted by Crippen LogP contribution is -2.32. The van der Waals surface area contributed by atoms with Crippen LogP contribution >= 0.6 is 11.8 Å². The third-order valence-electron chi connectivity index (χ3n) is 15.6. The molecule has 11 aromatic rings. The zero-order valence-electron chi connectivity index (χ0n) is 38.6. The summed E-state index contributed by atoms with van der Waals surface area (Å²) in [6.07, 6.45) is 0. The summed E-state index contributed by atoms with van der Waals surface area (Å²) >= 11 is 1.88. The minimum absolute atomic E-state index is 0.530. The molecule has 2 spiro atoms. The Hall–Kier alpha value is -8.63. The zero-order valence-corrected chi connectivity index (χ0v) is 39.4. The van der Waals surface area contributed by atoms with Crippen molar-refractivity contribution >= 4 is 28.8 Å².